The van der Waals surface area contributed by atoms with Gasteiger partial charge in [0.2, 0.25) is 0 Å². The lowest BCUT2D eigenvalue weighted by atomic mass is 9.67. The Kier molecular flexibility index (Phi) is 11.6. The van der Waals surface area contributed by atoms with Crippen LogP contribution in [0.3, 0.4) is 0 Å². The number of nitrogens with zero attached hydrogens (tertiary/aromatic N) is 1. The summed E-state index contributed by atoms with van der Waals surface area (Å²) in [4.78, 5) is 16.7. The fourth-order valence-corrected chi connectivity index (χ4v) is 3.59. The zero-order chi connectivity index (χ0) is 22.0. The largest absolute Gasteiger partial charge is 0.444 e. The first kappa shape index (κ1) is 27.5. The van der Waals surface area contributed by atoms with Crippen molar-refractivity contribution in [3.63, 3.8) is 0 Å². The van der Waals surface area contributed by atoms with Crippen LogP contribution < -0.4 is 16.0 Å². The Morgan fingerprint density at radius 3 is 2.39 bits per heavy atom. The summed E-state index contributed by atoms with van der Waals surface area (Å²) in [5.74, 6) is 0.727. The van der Waals surface area contributed by atoms with Gasteiger partial charge in [0.05, 0.1) is 6.04 Å². The van der Waals surface area contributed by atoms with E-state index in [4.69, 9.17) is 9.47 Å². The SMILES string of the molecule is CN=C(NCC(NC(=O)OC(C)(C)C)c1ccccc1)NCC1(CCOC)CCC1.I. The van der Waals surface area contributed by atoms with Crippen LogP contribution in [0.4, 0.5) is 4.79 Å². The molecule has 1 aliphatic rings. The average Bonchev–Trinajstić information content (AvgIpc) is 2.67. The number of guanidine groups is 1. The number of carbonyl (C=O) groups excluding carboxylic acids is 1. The summed E-state index contributed by atoms with van der Waals surface area (Å²) in [7, 11) is 3.51. The number of aliphatic imine (C=N–C) groups is 1. The molecule has 0 saturated heterocycles. The zero-order valence-corrected chi connectivity index (χ0v) is 21.8. The summed E-state index contributed by atoms with van der Waals surface area (Å²) in [5.41, 5.74) is 0.749. The molecule has 1 aromatic rings. The summed E-state index contributed by atoms with van der Waals surface area (Å²) in [6, 6.07) is 9.62. The lowest BCUT2D eigenvalue weighted by Crippen LogP contribution is -2.48. The molecule has 1 atom stereocenters. The van der Waals surface area contributed by atoms with E-state index in [-0.39, 0.29) is 30.0 Å². The van der Waals surface area contributed by atoms with Gasteiger partial charge in [-0.3, -0.25) is 4.99 Å². The van der Waals surface area contributed by atoms with Gasteiger partial charge < -0.3 is 25.4 Å². The second-order valence-corrected chi connectivity index (χ2v) is 9.01. The molecule has 2 rings (SSSR count). The Bertz CT molecular complexity index is 688. The van der Waals surface area contributed by atoms with E-state index in [1.54, 1.807) is 14.2 Å². The molecule has 7 nitrogen and oxygen atoms in total. The Labute approximate surface area is 204 Å². The van der Waals surface area contributed by atoms with Crippen LogP contribution in [0.2, 0.25) is 0 Å². The molecule has 0 radical (unpaired) electrons. The van der Waals surface area contributed by atoms with Crippen LogP contribution in [-0.4, -0.2) is 51.5 Å². The van der Waals surface area contributed by atoms with Crippen LogP contribution in [0, 0.1) is 5.41 Å². The highest BCUT2D eigenvalue weighted by atomic mass is 127. The maximum absolute atomic E-state index is 12.3. The highest BCUT2D eigenvalue weighted by molar-refractivity contribution is 14.0. The maximum Gasteiger partial charge on any atom is 0.408 e. The third-order valence-electron chi connectivity index (χ3n) is 5.47. The number of amides is 1. The number of methoxy groups -OCH3 is 1. The normalized spacial score (nSPS) is 16.4. The molecular weight excluding hydrogens is 507 g/mol. The minimum Gasteiger partial charge on any atom is -0.444 e. The van der Waals surface area contributed by atoms with Crippen molar-refractivity contribution in [3.8, 4) is 0 Å². The van der Waals surface area contributed by atoms with Gasteiger partial charge in [-0.15, -0.1) is 24.0 Å². The van der Waals surface area contributed by atoms with Gasteiger partial charge in [-0.25, -0.2) is 4.79 Å². The number of rotatable bonds is 9. The predicted octanol–water partition coefficient (Wildman–Crippen LogP) is 4.24. The molecule has 1 fully saturated rings. The number of nitrogens with one attached hydrogen (secondary N) is 3. The number of hydrogen-bond acceptors (Lipinski definition) is 4. The fraction of sp³-hybridized carbons (Fsp3) is 0.652. The molecule has 0 aliphatic heterocycles. The van der Waals surface area contributed by atoms with Gasteiger partial charge in [0.25, 0.3) is 0 Å². The van der Waals surface area contributed by atoms with Crippen molar-refractivity contribution in [1.82, 2.24) is 16.0 Å². The van der Waals surface area contributed by atoms with E-state index in [9.17, 15) is 4.79 Å². The lowest BCUT2D eigenvalue weighted by Gasteiger charge is -2.42. The van der Waals surface area contributed by atoms with Gasteiger partial charge >= 0.3 is 6.09 Å². The van der Waals surface area contributed by atoms with Crippen molar-refractivity contribution in [2.45, 2.75) is 58.1 Å². The van der Waals surface area contributed by atoms with E-state index >= 15 is 0 Å². The molecule has 1 amide bonds. The van der Waals surface area contributed by atoms with E-state index in [2.05, 4.69) is 20.9 Å². The van der Waals surface area contributed by atoms with Crippen molar-refractivity contribution in [2.75, 3.05) is 33.9 Å². The number of benzene rings is 1. The van der Waals surface area contributed by atoms with Crippen molar-refractivity contribution in [3.05, 3.63) is 35.9 Å². The van der Waals surface area contributed by atoms with Crippen LogP contribution >= 0.6 is 24.0 Å². The molecule has 0 heterocycles. The predicted molar refractivity (Wildman–Crippen MR) is 136 cm³/mol. The van der Waals surface area contributed by atoms with E-state index in [1.807, 2.05) is 51.1 Å². The molecule has 0 aromatic heterocycles. The molecule has 0 spiro atoms. The quantitative estimate of drug-likeness (QED) is 0.245. The molecule has 1 unspecified atom stereocenters. The van der Waals surface area contributed by atoms with Crippen LogP contribution in [0.1, 0.15) is 58.1 Å². The summed E-state index contributed by atoms with van der Waals surface area (Å²) < 4.78 is 10.7. The molecule has 0 bridgehead atoms. The Balaban J connectivity index is 0.00000480. The first-order valence-corrected chi connectivity index (χ1v) is 10.7. The van der Waals surface area contributed by atoms with Gasteiger partial charge in [-0.2, -0.15) is 0 Å². The minimum absolute atomic E-state index is 0. The molecule has 1 aliphatic carbocycles. The number of carbonyl (C=O) groups is 1. The summed E-state index contributed by atoms with van der Waals surface area (Å²) >= 11 is 0. The van der Waals surface area contributed by atoms with Crippen molar-refractivity contribution >= 4 is 36.0 Å². The standard InChI is InChI=1S/C23H38N4O3.HI/c1-22(2,3)30-21(28)27-19(18-10-7-6-8-11-18)16-25-20(24-4)26-17-23(12-9-13-23)14-15-29-5;/h6-8,10-11,19H,9,12-17H2,1-5H3,(H,27,28)(H2,24,25,26);1H. The van der Waals surface area contributed by atoms with Gasteiger partial charge in [-0.05, 0) is 51.0 Å². The zero-order valence-electron chi connectivity index (χ0n) is 19.5. The van der Waals surface area contributed by atoms with Gasteiger partial charge in [0.1, 0.15) is 5.60 Å². The van der Waals surface area contributed by atoms with Crippen LogP contribution in [0.15, 0.2) is 35.3 Å². The lowest BCUT2D eigenvalue weighted by molar-refractivity contribution is 0.0504. The van der Waals surface area contributed by atoms with Crippen molar-refractivity contribution in [1.29, 1.82) is 0 Å². The minimum atomic E-state index is -0.546. The summed E-state index contributed by atoms with van der Waals surface area (Å²) in [6.07, 6.45) is 4.32. The van der Waals surface area contributed by atoms with E-state index in [0.29, 0.717) is 12.0 Å². The second-order valence-electron chi connectivity index (χ2n) is 9.01. The highest BCUT2D eigenvalue weighted by Gasteiger charge is 2.36. The first-order valence-electron chi connectivity index (χ1n) is 10.7. The van der Waals surface area contributed by atoms with E-state index in [1.165, 1.54) is 19.3 Å². The van der Waals surface area contributed by atoms with Crippen LogP contribution in [-0.2, 0) is 9.47 Å². The van der Waals surface area contributed by atoms with Crippen LogP contribution in [0.25, 0.3) is 0 Å². The molecule has 8 heteroatoms. The van der Waals surface area contributed by atoms with Crippen LogP contribution in [0.5, 0.6) is 0 Å². The molecule has 1 saturated carbocycles. The maximum atomic E-state index is 12.3. The molecular formula is C23H39IN4O3. The van der Waals surface area contributed by atoms with E-state index < -0.39 is 11.7 Å². The number of ether oxygens (including phenoxy) is 2. The smallest absolute Gasteiger partial charge is 0.408 e. The molecule has 1 aromatic carbocycles. The number of alkyl carbamates (subject to hydrolysis) is 1. The van der Waals surface area contributed by atoms with Gasteiger partial charge in [0.15, 0.2) is 5.96 Å². The van der Waals surface area contributed by atoms with Crippen molar-refractivity contribution < 1.29 is 14.3 Å². The monoisotopic (exact) mass is 546 g/mol. The Morgan fingerprint density at radius 2 is 1.87 bits per heavy atom. The Morgan fingerprint density at radius 1 is 1.19 bits per heavy atom. The molecule has 176 valence electrons. The first-order chi connectivity index (χ1) is 14.3. The highest BCUT2D eigenvalue weighted by Crippen LogP contribution is 2.43. The number of halogens is 1. The third-order valence-corrected chi connectivity index (χ3v) is 5.47. The topological polar surface area (TPSA) is 84.0 Å². The number of hydrogen-bond donors (Lipinski definition) is 3. The van der Waals surface area contributed by atoms with Gasteiger partial charge in [0, 0.05) is 33.9 Å². The van der Waals surface area contributed by atoms with E-state index in [0.717, 1.165) is 31.1 Å². The van der Waals surface area contributed by atoms with Crippen molar-refractivity contribution in [2.24, 2.45) is 10.4 Å². The third kappa shape index (κ3) is 9.64. The molecule has 31 heavy (non-hydrogen) atoms. The molecule has 3 N–H and O–H groups in total. The average molecular weight is 546 g/mol. The Hall–Kier alpha value is -1.55. The second kappa shape index (κ2) is 13.1. The van der Waals surface area contributed by atoms with Gasteiger partial charge in [-0.1, -0.05) is 36.8 Å². The summed E-state index contributed by atoms with van der Waals surface area (Å²) in [6.45, 7) is 7.71. The fourth-order valence-electron chi connectivity index (χ4n) is 3.59. The summed E-state index contributed by atoms with van der Waals surface area (Å²) in [5, 5.41) is 9.78.